The van der Waals surface area contributed by atoms with Crippen molar-refractivity contribution in [3.63, 3.8) is 0 Å². The van der Waals surface area contributed by atoms with Gasteiger partial charge in [-0.2, -0.15) is 5.09 Å². The molecule has 224 valence electrons. The quantitative estimate of drug-likeness (QED) is 0.202. The second-order valence-corrected chi connectivity index (χ2v) is 12.5. The average molecular weight is 599 g/mol. The van der Waals surface area contributed by atoms with Crippen molar-refractivity contribution in [3.8, 4) is 5.75 Å². The largest absolute Gasteiger partial charge is 0.462 e. The van der Waals surface area contributed by atoms with Crippen molar-refractivity contribution >= 4 is 35.5 Å². The molecule has 2 aromatic carbocycles. The van der Waals surface area contributed by atoms with E-state index in [1.165, 1.54) is 23.8 Å². The summed E-state index contributed by atoms with van der Waals surface area (Å²) >= 11 is 0. The van der Waals surface area contributed by atoms with Gasteiger partial charge in [-0.15, -0.1) is 0 Å². The second kappa shape index (κ2) is 11.9. The number of aromatic nitrogens is 3. The molecule has 4 aromatic rings. The van der Waals surface area contributed by atoms with E-state index in [1.807, 2.05) is 48.9 Å². The molecule has 2 N–H and O–H groups in total. The van der Waals surface area contributed by atoms with Crippen molar-refractivity contribution < 1.29 is 27.9 Å². The van der Waals surface area contributed by atoms with Gasteiger partial charge < -0.3 is 18.6 Å². The molecule has 1 aliphatic heterocycles. The first-order valence-corrected chi connectivity index (χ1v) is 15.3. The Morgan fingerprint density at radius 3 is 2.60 bits per heavy atom. The Morgan fingerprint density at radius 1 is 1.12 bits per heavy atom. The zero-order chi connectivity index (χ0) is 30.2. The lowest BCUT2D eigenvalue weighted by atomic mass is 10.1. The highest BCUT2D eigenvalue weighted by atomic mass is 31.2. The number of rotatable bonds is 10. The molecule has 5 rings (SSSR count). The molecule has 13 heteroatoms. The normalized spacial score (nSPS) is 21.0. The van der Waals surface area contributed by atoms with Gasteiger partial charge in [0.25, 0.3) is 5.56 Å². The molecule has 1 fully saturated rings. The molecule has 0 amide bonds. The van der Waals surface area contributed by atoms with E-state index in [-0.39, 0.29) is 24.4 Å². The number of hydrogen-bond donors (Lipinski definition) is 2. The summed E-state index contributed by atoms with van der Waals surface area (Å²) in [6, 6.07) is 13.6. The molecule has 5 atom stereocenters. The van der Waals surface area contributed by atoms with Crippen LogP contribution in [0.3, 0.4) is 0 Å². The van der Waals surface area contributed by atoms with E-state index in [9.17, 15) is 18.9 Å². The van der Waals surface area contributed by atoms with Crippen LogP contribution in [0.25, 0.3) is 21.8 Å². The van der Waals surface area contributed by atoms with Crippen molar-refractivity contribution in [2.75, 3.05) is 6.61 Å². The molecular weight excluding hydrogens is 563 g/mol. The minimum atomic E-state index is -4.16. The highest BCUT2D eigenvalue weighted by molar-refractivity contribution is 7.52. The van der Waals surface area contributed by atoms with Crippen LogP contribution in [0.4, 0.5) is 0 Å². The van der Waals surface area contributed by atoms with E-state index in [4.69, 9.17) is 18.5 Å². The van der Waals surface area contributed by atoms with E-state index >= 15 is 0 Å². The lowest BCUT2D eigenvalue weighted by Gasteiger charge is -2.24. The zero-order valence-electron chi connectivity index (χ0n) is 24.1. The molecule has 3 heterocycles. The van der Waals surface area contributed by atoms with Crippen LogP contribution in [0, 0.1) is 5.92 Å². The second-order valence-electron chi connectivity index (χ2n) is 10.9. The van der Waals surface area contributed by atoms with Crippen LogP contribution in [0.15, 0.2) is 64.3 Å². The minimum absolute atomic E-state index is 0.107. The molecule has 0 radical (unpaired) electrons. The fourth-order valence-corrected chi connectivity index (χ4v) is 6.74. The molecule has 12 nitrogen and oxygen atoms in total. The lowest BCUT2D eigenvalue weighted by molar-refractivity contribution is -0.149. The Balaban J connectivity index is 1.38. The van der Waals surface area contributed by atoms with Crippen LogP contribution < -0.4 is 20.9 Å². The van der Waals surface area contributed by atoms with Gasteiger partial charge in [-0.1, -0.05) is 25.1 Å². The first kappa shape index (κ1) is 29.8. The number of esters is 1. The molecule has 42 heavy (non-hydrogen) atoms. The number of aryl methyl sites for hydroxylation is 1. The molecule has 2 aromatic heterocycles. The highest BCUT2D eigenvalue weighted by Crippen LogP contribution is 2.47. The number of benzene rings is 2. The Kier molecular flexibility index (Phi) is 8.43. The topological polar surface area (TPSA) is 143 Å². The summed E-state index contributed by atoms with van der Waals surface area (Å²) < 4.78 is 40.6. The van der Waals surface area contributed by atoms with Gasteiger partial charge in [0.2, 0.25) is 0 Å². The fourth-order valence-electron chi connectivity index (χ4n) is 5.22. The van der Waals surface area contributed by atoms with Crippen molar-refractivity contribution in [3.05, 3.63) is 75.6 Å². The average Bonchev–Trinajstić information content (AvgIpc) is 3.44. The Morgan fingerprint density at radius 2 is 1.86 bits per heavy atom. The summed E-state index contributed by atoms with van der Waals surface area (Å²) in [7, 11) is -2.22. The number of para-hydroxylation sites is 1. The van der Waals surface area contributed by atoms with Crippen LogP contribution >= 0.6 is 7.75 Å². The number of carbonyl (C=O) groups excluding carboxylic acids is 1. The van der Waals surface area contributed by atoms with Crippen molar-refractivity contribution in [1.29, 1.82) is 0 Å². The Hall–Kier alpha value is -3.70. The van der Waals surface area contributed by atoms with Crippen LogP contribution in [0.1, 0.15) is 40.3 Å². The number of ether oxygens (including phenoxy) is 2. The zero-order valence-corrected chi connectivity index (χ0v) is 25.0. The third-order valence-corrected chi connectivity index (χ3v) is 8.82. The molecule has 1 saturated heterocycles. The first-order valence-electron chi connectivity index (χ1n) is 13.8. The van der Waals surface area contributed by atoms with Gasteiger partial charge in [0, 0.05) is 47.6 Å². The third kappa shape index (κ3) is 6.22. The summed E-state index contributed by atoms with van der Waals surface area (Å²) in [4.78, 5) is 38.6. The summed E-state index contributed by atoms with van der Waals surface area (Å²) in [5, 5.41) is 4.79. The van der Waals surface area contributed by atoms with Gasteiger partial charge in [0.15, 0.2) is 0 Å². The van der Waals surface area contributed by atoms with Crippen LogP contribution in [-0.4, -0.2) is 44.9 Å². The number of nitrogens with one attached hydrogen (secondary N) is 2. The summed E-state index contributed by atoms with van der Waals surface area (Å²) in [5.41, 5.74) is 0.820. The van der Waals surface area contributed by atoms with Gasteiger partial charge in [-0.05, 0) is 45.4 Å². The van der Waals surface area contributed by atoms with Crippen LogP contribution in [-0.2, 0) is 30.4 Å². The Bertz CT molecular complexity index is 1780. The molecule has 0 aliphatic carbocycles. The lowest BCUT2D eigenvalue weighted by Crippen LogP contribution is -2.36. The highest BCUT2D eigenvalue weighted by Gasteiger charge is 2.38. The standard InChI is InChI=1S/C29H35N4O8P/c1-17(2)39-28(35)19(4)31-42(37,38-16-21-14-18(3)27(40-21)33-13-12-26(34)30-29(33)36)41-20-10-11-23-22-8-6-7-9-24(22)32(5)25(23)15-20/h6-13,15,17-19,21,27H,14,16H2,1-5H3,(H,31,37)(H,30,34,36). The molecular formula is C29H35N4O8P. The maximum atomic E-state index is 14.1. The smallest absolute Gasteiger partial charge is 0.459 e. The molecule has 0 saturated carbocycles. The fraction of sp³-hybridized carbons (Fsp3) is 0.414. The SMILES string of the molecule is CC(C)OC(=O)C(C)NP(=O)(OCC1CC(C)C(n2ccc(=O)[nH]c2=O)O1)Oc1ccc2c3ccccc3n(C)c2c1. The van der Waals surface area contributed by atoms with E-state index in [2.05, 4.69) is 10.1 Å². The molecule has 1 aliphatic rings. The van der Waals surface area contributed by atoms with Crippen molar-refractivity contribution in [2.45, 2.75) is 58.6 Å². The number of H-pyrrole nitrogens is 1. The predicted octanol–water partition coefficient (Wildman–Crippen LogP) is 4.24. The molecule has 0 spiro atoms. The number of nitrogens with zero attached hydrogens (tertiary/aromatic N) is 2. The number of carbonyl (C=O) groups is 1. The summed E-state index contributed by atoms with van der Waals surface area (Å²) in [6.07, 6.45) is 0.319. The van der Waals surface area contributed by atoms with Gasteiger partial charge in [0.1, 0.15) is 18.0 Å². The maximum absolute atomic E-state index is 14.1. The van der Waals surface area contributed by atoms with Crippen molar-refractivity contribution in [2.24, 2.45) is 13.0 Å². The van der Waals surface area contributed by atoms with Crippen molar-refractivity contribution in [1.82, 2.24) is 19.2 Å². The van der Waals surface area contributed by atoms with Gasteiger partial charge in [-0.3, -0.25) is 23.7 Å². The van der Waals surface area contributed by atoms with E-state index in [0.717, 1.165) is 21.8 Å². The van der Waals surface area contributed by atoms with Crippen LogP contribution in [0.2, 0.25) is 0 Å². The first-order chi connectivity index (χ1) is 19.9. The molecule has 5 unspecified atom stereocenters. The van der Waals surface area contributed by atoms with E-state index < -0.39 is 43.3 Å². The van der Waals surface area contributed by atoms with Gasteiger partial charge in [0.05, 0.1) is 24.3 Å². The third-order valence-electron chi connectivity index (χ3n) is 7.18. The minimum Gasteiger partial charge on any atom is -0.462 e. The summed E-state index contributed by atoms with van der Waals surface area (Å²) in [5.74, 6) is -0.429. The van der Waals surface area contributed by atoms with Crippen LogP contribution in [0.5, 0.6) is 5.75 Å². The number of fused-ring (bicyclic) bond motifs is 3. The Labute approximate surface area is 242 Å². The number of aromatic amines is 1. The molecule has 0 bridgehead atoms. The van der Waals surface area contributed by atoms with Gasteiger partial charge in [-0.25, -0.2) is 9.36 Å². The van der Waals surface area contributed by atoms with E-state index in [1.54, 1.807) is 26.0 Å². The number of hydrogen-bond acceptors (Lipinski definition) is 8. The monoisotopic (exact) mass is 598 g/mol. The predicted molar refractivity (Wildman–Crippen MR) is 157 cm³/mol. The van der Waals surface area contributed by atoms with Gasteiger partial charge >= 0.3 is 19.4 Å². The summed E-state index contributed by atoms with van der Waals surface area (Å²) in [6.45, 7) is 6.72. The van der Waals surface area contributed by atoms with E-state index in [0.29, 0.717) is 6.42 Å². The maximum Gasteiger partial charge on any atom is 0.459 e.